The minimum Gasteiger partial charge on any atom is -0.488 e. The molecule has 3 amide bonds. The monoisotopic (exact) mass is 697 g/mol. The number of likely N-dealkylation sites (N-methyl/N-ethyl adjacent to an activating group) is 1. The number of hydrogen-bond acceptors (Lipinski definition) is 7. The van der Waals surface area contributed by atoms with Crippen molar-refractivity contribution in [2.75, 3.05) is 43.1 Å². The topological polar surface area (TPSA) is 137 Å². The third-order valence-corrected chi connectivity index (χ3v) is 9.16. The Morgan fingerprint density at radius 3 is 2.42 bits per heavy atom. The van der Waals surface area contributed by atoms with Crippen molar-refractivity contribution < 1.29 is 24.2 Å². The molecular weight excluding hydrogens is 653 g/mol. The number of nitrogens with two attached hydrogens (primary N) is 1. The van der Waals surface area contributed by atoms with E-state index in [2.05, 4.69) is 15.5 Å². The molecule has 1 heterocycles. The quantitative estimate of drug-likeness (QED) is 0.112. The Bertz CT molecular complexity index is 1590. The Morgan fingerprint density at radius 2 is 1.73 bits per heavy atom. The predicted molar refractivity (Wildman–Crippen MR) is 192 cm³/mol. The predicted octanol–water partition coefficient (Wildman–Crippen LogP) is 6.46. The van der Waals surface area contributed by atoms with Gasteiger partial charge in [-0.2, -0.15) is 0 Å². The molecule has 0 radical (unpaired) electrons. The van der Waals surface area contributed by atoms with Crippen LogP contribution in [0.2, 0.25) is 10.0 Å². The molecule has 1 aliphatic heterocycles. The van der Waals surface area contributed by atoms with Crippen molar-refractivity contribution in [2.45, 2.75) is 64.6 Å². The van der Waals surface area contributed by atoms with Crippen molar-refractivity contribution in [3.05, 3.63) is 81.8 Å². The van der Waals surface area contributed by atoms with Crippen LogP contribution in [0.15, 0.2) is 60.7 Å². The first-order valence-corrected chi connectivity index (χ1v) is 17.0. The number of rotatable bonds is 14. The number of carbonyl (C=O) groups excluding carboxylic acids is 3. The van der Waals surface area contributed by atoms with E-state index in [4.69, 9.17) is 33.7 Å². The van der Waals surface area contributed by atoms with Gasteiger partial charge in [0, 0.05) is 44.1 Å². The van der Waals surface area contributed by atoms with Crippen LogP contribution in [0.4, 0.5) is 17.1 Å². The van der Waals surface area contributed by atoms with Crippen LogP contribution in [0.3, 0.4) is 0 Å². The lowest BCUT2D eigenvalue weighted by Crippen LogP contribution is -2.49. The summed E-state index contributed by atoms with van der Waals surface area (Å²) in [6.45, 7) is 5.23. The van der Waals surface area contributed by atoms with Crippen LogP contribution in [-0.2, 0) is 16.1 Å². The second-order valence-corrected chi connectivity index (χ2v) is 13.3. The van der Waals surface area contributed by atoms with Gasteiger partial charge in [0.25, 0.3) is 5.91 Å². The van der Waals surface area contributed by atoms with E-state index in [1.165, 1.54) is 0 Å². The number of nitrogens with zero attached hydrogens (tertiary/aromatic N) is 2. The van der Waals surface area contributed by atoms with Crippen molar-refractivity contribution in [1.29, 1.82) is 0 Å². The maximum absolute atomic E-state index is 13.8. The Morgan fingerprint density at radius 1 is 1.02 bits per heavy atom. The standard InChI is InChI=1S/C36H45Cl2N5O5/c1-23-19-43(24(2)22-44)36(47)27-18-26(40-34(45)11-5-4-6-12-35(46)41-31-10-8-7-9-30(31)39)14-16-32(27)48-33(23)21-42(3)20-25-13-15-28(37)29(38)17-25/h7-10,13-18,23-24,33,44H,4-6,11-12,19-22,39H2,1-3H3,(H,40,45)(H,41,46)/t23-,24+,33-/m0/s1. The molecule has 258 valence electrons. The number of hydrogen-bond donors (Lipinski definition) is 4. The lowest BCUT2D eigenvalue weighted by molar-refractivity contribution is -0.116. The summed E-state index contributed by atoms with van der Waals surface area (Å²) in [6, 6.07) is 17.3. The molecule has 10 nitrogen and oxygen atoms in total. The van der Waals surface area contributed by atoms with E-state index in [-0.39, 0.29) is 42.8 Å². The number of unbranched alkanes of at least 4 members (excludes halogenated alkanes) is 2. The fourth-order valence-corrected chi connectivity index (χ4v) is 5.96. The normalized spacial score (nSPS) is 16.8. The van der Waals surface area contributed by atoms with Crippen molar-refractivity contribution in [2.24, 2.45) is 5.92 Å². The van der Waals surface area contributed by atoms with E-state index in [1.54, 1.807) is 47.4 Å². The van der Waals surface area contributed by atoms with Gasteiger partial charge in [0.05, 0.1) is 39.6 Å². The molecule has 12 heteroatoms. The van der Waals surface area contributed by atoms with Crippen LogP contribution in [0.1, 0.15) is 61.9 Å². The number of benzene rings is 3. The number of halogens is 2. The van der Waals surface area contributed by atoms with Crippen molar-refractivity contribution in [3.8, 4) is 5.75 Å². The number of carbonyl (C=O) groups is 3. The molecule has 0 aromatic heterocycles. The summed E-state index contributed by atoms with van der Waals surface area (Å²) in [7, 11) is 1.99. The summed E-state index contributed by atoms with van der Waals surface area (Å²) in [5, 5.41) is 16.7. The zero-order valence-electron chi connectivity index (χ0n) is 27.7. The van der Waals surface area contributed by atoms with Gasteiger partial charge in [-0.05, 0) is 74.8 Å². The Labute approximate surface area is 292 Å². The van der Waals surface area contributed by atoms with Crippen molar-refractivity contribution >= 4 is 58.0 Å². The summed E-state index contributed by atoms with van der Waals surface area (Å²) < 4.78 is 6.50. The maximum Gasteiger partial charge on any atom is 0.258 e. The second kappa shape index (κ2) is 17.5. The third-order valence-electron chi connectivity index (χ3n) is 8.42. The molecule has 3 aromatic rings. The lowest BCUT2D eigenvalue weighted by Gasteiger charge is -2.38. The van der Waals surface area contributed by atoms with E-state index < -0.39 is 6.04 Å². The van der Waals surface area contributed by atoms with Gasteiger partial charge < -0.3 is 31.1 Å². The molecule has 0 spiro atoms. The highest BCUT2D eigenvalue weighted by atomic mass is 35.5. The van der Waals surface area contributed by atoms with Gasteiger partial charge in [-0.15, -0.1) is 0 Å². The van der Waals surface area contributed by atoms with E-state index in [0.29, 0.717) is 83.7 Å². The van der Waals surface area contributed by atoms with E-state index in [1.807, 2.05) is 39.1 Å². The first-order valence-electron chi connectivity index (χ1n) is 16.2. The molecule has 0 fully saturated rings. The van der Waals surface area contributed by atoms with Gasteiger partial charge in [0.1, 0.15) is 11.9 Å². The average molecular weight is 699 g/mol. The fraction of sp³-hybridized carbons (Fsp3) is 0.417. The van der Waals surface area contributed by atoms with E-state index >= 15 is 0 Å². The number of nitrogen functional groups attached to an aromatic ring is 1. The number of fused-ring (bicyclic) bond motifs is 1. The first kappa shape index (κ1) is 37.0. The molecule has 1 aliphatic rings. The van der Waals surface area contributed by atoms with Crippen molar-refractivity contribution in [1.82, 2.24) is 9.80 Å². The number of amides is 3. The first-order chi connectivity index (χ1) is 22.9. The summed E-state index contributed by atoms with van der Waals surface area (Å²) >= 11 is 12.3. The molecule has 0 aliphatic carbocycles. The molecule has 0 saturated heterocycles. The molecule has 3 atom stereocenters. The van der Waals surface area contributed by atoms with E-state index in [0.717, 1.165) is 5.56 Å². The van der Waals surface area contributed by atoms with Gasteiger partial charge >= 0.3 is 0 Å². The number of para-hydroxylation sites is 2. The lowest BCUT2D eigenvalue weighted by atomic mass is 9.99. The van der Waals surface area contributed by atoms with Crippen LogP contribution in [0.25, 0.3) is 0 Å². The summed E-state index contributed by atoms with van der Waals surface area (Å²) in [5.41, 5.74) is 8.80. The summed E-state index contributed by atoms with van der Waals surface area (Å²) in [6.07, 6.45) is 2.28. The maximum atomic E-state index is 13.8. The minimum absolute atomic E-state index is 0.0470. The van der Waals surface area contributed by atoms with Gasteiger partial charge in [-0.25, -0.2) is 0 Å². The Kier molecular flexibility index (Phi) is 13.5. The number of aliphatic hydroxyl groups excluding tert-OH is 1. The van der Waals surface area contributed by atoms with Gasteiger partial charge in [0.2, 0.25) is 11.8 Å². The number of aliphatic hydroxyl groups is 1. The van der Waals surface area contributed by atoms with E-state index in [9.17, 15) is 19.5 Å². The molecule has 0 saturated carbocycles. The van der Waals surface area contributed by atoms with Gasteiger partial charge in [0.15, 0.2) is 0 Å². The van der Waals surface area contributed by atoms with Crippen LogP contribution < -0.4 is 21.1 Å². The van der Waals surface area contributed by atoms with Crippen LogP contribution in [0, 0.1) is 5.92 Å². The second-order valence-electron chi connectivity index (χ2n) is 12.5. The molecule has 0 bridgehead atoms. The molecule has 48 heavy (non-hydrogen) atoms. The van der Waals surface area contributed by atoms with Crippen LogP contribution in [0.5, 0.6) is 5.75 Å². The molecule has 0 unspecified atom stereocenters. The molecule has 4 rings (SSSR count). The smallest absolute Gasteiger partial charge is 0.258 e. The Hall–Kier alpha value is -3.83. The van der Waals surface area contributed by atoms with Gasteiger partial charge in [-0.1, -0.05) is 54.7 Å². The molecule has 3 aromatic carbocycles. The van der Waals surface area contributed by atoms with Crippen LogP contribution >= 0.6 is 23.2 Å². The molecule has 5 N–H and O–H groups in total. The zero-order valence-corrected chi connectivity index (χ0v) is 29.2. The highest BCUT2D eigenvalue weighted by Crippen LogP contribution is 2.31. The number of anilines is 3. The fourth-order valence-electron chi connectivity index (χ4n) is 5.63. The SMILES string of the molecule is C[C@H](CO)N1C[C@H](C)[C@H](CN(C)Cc2ccc(Cl)c(Cl)c2)Oc2ccc(NC(=O)CCCCCC(=O)Nc3ccccc3N)cc2C1=O. The number of ether oxygens (including phenoxy) is 1. The minimum atomic E-state index is -0.411. The molecular formula is C36H45Cl2N5O5. The third kappa shape index (κ3) is 10.3. The summed E-state index contributed by atoms with van der Waals surface area (Å²) in [4.78, 5) is 42.6. The summed E-state index contributed by atoms with van der Waals surface area (Å²) in [5.74, 6) is -0.207. The average Bonchev–Trinajstić information content (AvgIpc) is 3.05. The Balaban J connectivity index is 1.36. The van der Waals surface area contributed by atoms with Crippen molar-refractivity contribution in [3.63, 3.8) is 0 Å². The highest BCUT2D eigenvalue weighted by Gasteiger charge is 2.33. The van der Waals surface area contributed by atoms with Crippen LogP contribution in [-0.4, -0.2) is 71.5 Å². The zero-order chi connectivity index (χ0) is 34.8. The van der Waals surface area contributed by atoms with Gasteiger partial charge in [-0.3, -0.25) is 19.3 Å². The highest BCUT2D eigenvalue weighted by molar-refractivity contribution is 6.42. The largest absolute Gasteiger partial charge is 0.488 e. The number of nitrogens with one attached hydrogen (secondary N) is 2.